The Morgan fingerprint density at radius 3 is 2.62 bits per heavy atom. The Morgan fingerprint density at radius 2 is 1.88 bits per heavy atom. The lowest BCUT2D eigenvalue weighted by Gasteiger charge is -2.12. The number of nitrogens with zero attached hydrogens (tertiary/aromatic N) is 3. The number of thiophene rings is 1. The number of benzene rings is 2. The number of azo groups is 1. The van der Waals surface area contributed by atoms with Crippen LogP contribution in [0.15, 0.2) is 68.0 Å². The van der Waals surface area contributed by atoms with E-state index in [4.69, 9.17) is 0 Å². The van der Waals surface area contributed by atoms with E-state index in [2.05, 4.69) is 21.3 Å². The zero-order chi connectivity index (χ0) is 16.7. The van der Waals surface area contributed by atoms with Gasteiger partial charge in [0.15, 0.2) is 22.3 Å². The Hall–Kier alpha value is -2.38. The van der Waals surface area contributed by atoms with Gasteiger partial charge in [-0.15, -0.1) is 16.5 Å². The summed E-state index contributed by atoms with van der Waals surface area (Å²) in [6.45, 7) is 0.233. The molecule has 0 fully saturated rings. The minimum Gasteiger partial charge on any atom is -0.239 e. The van der Waals surface area contributed by atoms with Gasteiger partial charge in [0.1, 0.15) is 0 Å². The minimum absolute atomic E-state index is 0.231. The summed E-state index contributed by atoms with van der Waals surface area (Å²) in [6.07, 6.45) is 1.20. The maximum absolute atomic E-state index is 12.3. The van der Waals surface area contributed by atoms with Gasteiger partial charge in [-0.2, -0.15) is 5.11 Å². The number of sulfone groups is 1. The average Bonchev–Trinajstić information content (AvgIpc) is 3.23. The summed E-state index contributed by atoms with van der Waals surface area (Å²) in [5.41, 5.74) is 2.33. The first-order chi connectivity index (χ1) is 11.6. The van der Waals surface area contributed by atoms with E-state index in [-0.39, 0.29) is 11.6 Å². The van der Waals surface area contributed by atoms with E-state index in [1.54, 1.807) is 23.5 Å². The summed E-state index contributed by atoms with van der Waals surface area (Å²) in [5.74, 6) is 0.376. The van der Waals surface area contributed by atoms with Crippen LogP contribution < -0.4 is 0 Å². The van der Waals surface area contributed by atoms with Crippen LogP contribution in [0.3, 0.4) is 0 Å². The molecule has 24 heavy (non-hydrogen) atoms. The monoisotopic (exact) mass is 355 g/mol. The molecule has 0 radical (unpaired) electrons. The molecule has 0 atom stereocenters. The quantitative estimate of drug-likeness (QED) is 0.708. The number of rotatable bonds is 3. The third-order valence-electron chi connectivity index (χ3n) is 3.87. The van der Waals surface area contributed by atoms with E-state index in [9.17, 15) is 8.42 Å². The summed E-state index contributed by atoms with van der Waals surface area (Å²) in [5, 5.41) is 11.1. The fraction of sp³-hybridized carbons (Fsp3) is 0.118. The average molecular weight is 355 g/mol. The van der Waals surface area contributed by atoms with Crippen LogP contribution in [0.1, 0.15) is 5.56 Å². The smallest absolute Gasteiger partial charge is 0.180 e. The van der Waals surface area contributed by atoms with Crippen molar-refractivity contribution in [3.63, 3.8) is 0 Å². The summed E-state index contributed by atoms with van der Waals surface area (Å²) in [7, 11) is -3.42. The van der Waals surface area contributed by atoms with Gasteiger partial charge >= 0.3 is 0 Å². The van der Waals surface area contributed by atoms with Crippen LogP contribution in [0.2, 0.25) is 0 Å². The van der Waals surface area contributed by atoms with Gasteiger partial charge < -0.3 is 0 Å². The van der Waals surface area contributed by atoms with Crippen LogP contribution in [0.25, 0.3) is 21.2 Å². The molecule has 7 heteroatoms. The predicted octanol–water partition coefficient (Wildman–Crippen LogP) is 4.14. The molecule has 2 heterocycles. The van der Waals surface area contributed by atoms with Gasteiger partial charge in [-0.25, -0.2) is 13.4 Å². The predicted molar refractivity (Wildman–Crippen MR) is 96.6 cm³/mol. The topological polar surface area (TPSA) is 71.2 Å². The standard InChI is InChI=1S/C17H13N3O2S2/c1-24(21,22)15-8-4-6-12(16(15)17-18-10-19-20-17)13-9-23-14-7-3-2-5-11(13)14/h2-9H,10H2,1H3. The van der Waals surface area contributed by atoms with Gasteiger partial charge in [-0.3, -0.25) is 0 Å². The fourth-order valence-electron chi connectivity index (χ4n) is 2.84. The molecule has 0 spiro atoms. The Balaban J connectivity index is 2.08. The van der Waals surface area contributed by atoms with Crippen molar-refractivity contribution >= 4 is 37.1 Å². The maximum atomic E-state index is 12.3. The van der Waals surface area contributed by atoms with E-state index in [1.807, 2.05) is 29.6 Å². The van der Waals surface area contributed by atoms with Gasteiger partial charge in [0.2, 0.25) is 0 Å². The van der Waals surface area contributed by atoms with Crippen molar-refractivity contribution in [3.8, 4) is 11.1 Å². The molecule has 5 nitrogen and oxygen atoms in total. The number of hydrogen-bond donors (Lipinski definition) is 0. The van der Waals surface area contributed by atoms with E-state index < -0.39 is 9.84 Å². The lowest BCUT2D eigenvalue weighted by molar-refractivity contribution is 0.601. The van der Waals surface area contributed by atoms with Gasteiger partial charge in [0, 0.05) is 27.5 Å². The normalized spacial score (nSPS) is 14.3. The zero-order valence-electron chi connectivity index (χ0n) is 12.8. The van der Waals surface area contributed by atoms with E-state index in [1.165, 1.54) is 6.26 Å². The van der Waals surface area contributed by atoms with Crippen LogP contribution in [-0.4, -0.2) is 27.2 Å². The van der Waals surface area contributed by atoms with Crippen LogP contribution in [0, 0.1) is 0 Å². The van der Waals surface area contributed by atoms with Crippen molar-refractivity contribution in [3.05, 3.63) is 53.4 Å². The molecule has 120 valence electrons. The third kappa shape index (κ3) is 2.46. The van der Waals surface area contributed by atoms with Gasteiger partial charge in [-0.1, -0.05) is 30.3 Å². The van der Waals surface area contributed by atoms with Crippen molar-refractivity contribution in [1.82, 2.24) is 0 Å². The van der Waals surface area contributed by atoms with Gasteiger partial charge in [0.05, 0.1) is 4.90 Å². The number of fused-ring (bicyclic) bond motifs is 1. The van der Waals surface area contributed by atoms with Crippen LogP contribution >= 0.6 is 11.3 Å². The number of hydrogen-bond acceptors (Lipinski definition) is 6. The fourth-order valence-corrected chi connectivity index (χ4v) is 4.70. The lowest BCUT2D eigenvalue weighted by Crippen LogP contribution is -2.08. The first kappa shape index (κ1) is 15.2. The lowest BCUT2D eigenvalue weighted by atomic mass is 9.98. The highest BCUT2D eigenvalue weighted by Crippen LogP contribution is 2.38. The summed E-state index contributed by atoms with van der Waals surface area (Å²) < 4.78 is 25.7. The Morgan fingerprint density at radius 1 is 1.04 bits per heavy atom. The van der Waals surface area contributed by atoms with E-state index in [0.717, 1.165) is 21.2 Å². The molecular formula is C17H13N3O2S2. The summed E-state index contributed by atoms with van der Waals surface area (Å²) in [6, 6.07) is 13.3. The SMILES string of the molecule is CS(=O)(=O)c1cccc(-c2csc3ccccc23)c1C1=NCN=N1. The summed E-state index contributed by atoms with van der Waals surface area (Å²) >= 11 is 1.63. The van der Waals surface area contributed by atoms with Crippen LogP contribution in [0.5, 0.6) is 0 Å². The second-order valence-corrected chi connectivity index (χ2v) is 8.36. The second kappa shape index (κ2) is 5.61. The van der Waals surface area contributed by atoms with Crippen LogP contribution in [-0.2, 0) is 9.84 Å². The highest BCUT2D eigenvalue weighted by molar-refractivity contribution is 7.90. The largest absolute Gasteiger partial charge is 0.239 e. The first-order valence-electron chi connectivity index (χ1n) is 7.28. The third-order valence-corrected chi connectivity index (χ3v) is 5.97. The molecule has 1 aliphatic heterocycles. The van der Waals surface area contributed by atoms with E-state index >= 15 is 0 Å². The molecule has 0 saturated carbocycles. The second-order valence-electron chi connectivity index (χ2n) is 5.46. The zero-order valence-corrected chi connectivity index (χ0v) is 14.4. The van der Waals surface area contributed by atoms with Crippen molar-refractivity contribution in [2.24, 2.45) is 15.2 Å². The van der Waals surface area contributed by atoms with Crippen LogP contribution in [0.4, 0.5) is 0 Å². The Kier molecular flexibility index (Phi) is 3.54. The van der Waals surface area contributed by atoms with Crippen molar-refractivity contribution in [2.75, 3.05) is 12.9 Å². The number of aliphatic imine (C=N–C) groups is 1. The van der Waals surface area contributed by atoms with E-state index in [0.29, 0.717) is 11.4 Å². The van der Waals surface area contributed by atoms with Crippen molar-refractivity contribution < 1.29 is 8.42 Å². The molecule has 0 N–H and O–H groups in total. The molecule has 1 aliphatic rings. The maximum Gasteiger partial charge on any atom is 0.180 e. The molecule has 3 aromatic rings. The minimum atomic E-state index is -3.42. The first-order valence-corrected chi connectivity index (χ1v) is 10.0. The molecule has 0 bridgehead atoms. The highest BCUT2D eigenvalue weighted by Gasteiger charge is 2.24. The molecule has 0 aliphatic carbocycles. The molecule has 0 saturated heterocycles. The molecular weight excluding hydrogens is 342 g/mol. The molecule has 0 amide bonds. The van der Waals surface area contributed by atoms with Gasteiger partial charge in [-0.05, 0) is 23.1 Å². The van der Waals surface area contributed by atoms with Gasteiger partial charge in [0.25, 0.3) is 0 Å². The summed E-state index contributed by atoms with van der Waals surface area (Å²) in [4.78, 5) is 4.48. The molecule has 1 aromatic heterocycles. The number of amidine groups is 1. The molecule has 4 rings (SSSR count). The Bertz CT molecular complexity index is 1110. The molecule has 2 aromatic carbocycles. The molecule has 0 unspecified atom stereocenters. The highest BCUT2D eigenvalue weighted by atomic mass is 32.2. The Labute approximate surface area is 143 Å². The van der Waals surface area contributed by atoms with Crippen molar-refractivity contribution in [1.29, 1.82) is 0 Å². The van der Waals surface area contributed by atoms with Crippen molar-refractivity contribution in [2.45, 2.75) is 4.90 Å².